The first-order chi connectivity index (χ1) is 5.38. The second kappa shape index (κ2) is 2.27. The van der Waals surface area contributed by atoms with Gasteiger partial charge < -0.3 is 0 Å². The van der Waals surface area contributed by atoms with Gasteiger partial charge in [-0.3, -0.25) is 5.41 Å². The standard InChI is InChI=1S/C10H8N/c11-10-7-3-5-8-4-1-2-6-9(8)10/h1-7,11H/q+1. The summed E-state index contributed by atoms with van der Waals surface area (Å²) in [5, 5.41) is 7.56. The average molecular weight is 142 g/mol. The molecule has 0 heterocycles. The highest BCUT2D eigenvalue weighted by atomic mass is 14.4. The van der Waals surface area contributed by atoms with Gasteiger partial charge in [0.2, 0.25) is 0 Å². The summed E-state index contributed by atoms with van der Waals surface area (Å²) in [6.45, 7) is 0. The minimum absolute atomic E-state index is 0.600. The van der Waals surface area contributed by atoms with Gasteiger partial charge in [0.1, 0.15) is 11.3 Å². The summed E-state index contributed by atoms with van der Waals surface area (Å²) in [6.07, 6.45) is 13.7. The molecule has 0 spiro atoms. The molecule has 2 rings (SSSR count). The van der Waals surface area contributed by atoms with E-state index in [1.807, 2.05) is 42.9 Å². The normalized spacial score (nSPS) is 20.2. The Bertz CT molecular complexity index is 314. The third kappa shape index (κ3) is 0.944. The van der Waals surface area contributed by atoms with Gasteiger partial charge in [-0.15, -0.1) is 0 Å². The number of nitrogens with one attached hydrogen (secondary N) is 1. The van der Waals surface area contributed by atoms with Crippen molar-refractivity contribution < 1.29 is 0 Å². The number of hydrogen-bond donors (Lipinski definition) is 1. The Balaban J connectivity index is 2.48. The van der Waals surface area contributed by atoms with Gasteiger partial charge in [-0.2, -0.15) is 0 Å². The monoisotopic (exact) mass is 142 g/mol. The van der Waals surface area contributed by atoms with Crippen molar-refractivity contribution in [2.75, 3.05) is 0 Å². The van der Waals surface area contributed by atoms with E-state index >= 15 is 0 Å². The van der Waals surface area contributed by atoms with Gasteiger partial charge in [0.15, 0.2) is 0 Å². The molecule has 1 heteroatoms. The van der Waals surface area contributed by atoms with Crippen LogP contribution in [-0.2, 0) is 0 Å². The molecular weight excluding hydrogens is 134 g/mol. The third-order valence-electron chi connectivity index (χ3n) is 1.79. The SMILES string of the molecule is N=C1C=CC=C2[CH+]C=CC=C12. The first-order valence-corrected chi connectivity index (χ1v) is 3.57. The van der Waals surface area contributed by atoms with E-state index in [1.54, 1.807) is 0 Å². The van der Waals surface area contributed by atoms with E-state index in [9.17, 15) is 0 Å². The van der Waals surface area contributed by atoms with Gasteiger partial charge in [-0.25, -0.2) is 0 Å². The molecule has 0 bridgehead atoms. The van der Waals surface area contributed by atoms with Gasteiger partial charge in [-0.1, -0.05) is 0 Å². The van der Waals surface area contributed by atoms with Crippen molar-refractivity contribution in [2.24, 2.45) is 0 Å². The first-order valence-electron chi connectivity index (χ1n) is 3.57. The van der Waals surface area contributed by atoms with E-state index < -0.39 is 0 Å². The van der Waals surface area contributed by atoms with Gasteiger partial charge in [0.25, 0.3) is 0 Å². The molecule has 0 atom stereocenters. The molecule has 11 heavy (non-hydrogen) atoms. The van der Waals surface area contributed by atoms with Gasteiger partial charge in [-0.05, 0) is 12.2 Å². The molecule has 0 fully saturated rings. The van der Waals surface area contributed by atoms with Crippen LogP contribution in [0.2, 0.25) is 0 Å². The lowest BCUT2D eigenvalue weighted by Crippen LogP contribution is -2.06. The van der Waals surface area contributed by atoms with Crippen molar-refractivity contribution in [2.45, 2.75) is 0 Å². The predicted octanol–water partition coefficient (Wildman–Crippen LogP) is 2.20. The van der Waals surface area contributed by atoms with Crippen molar-refractivity contribution in [3.8, 4) is 0 Å². The molecule has 1 nitrogen and oxygen atoms in total. The third-order valence-corrected chi connectivity index (χ3v) is 1.79. The number of fused-ring (bicyclic) bond motifs is 1. The summed E-state index contributed by atoms with van der Waals surface area (Å²) < 4.78 is 0. The smallest absolute Gasteiger partial charge is 0.106 e. The van der Waals surface area contributed by atoms with E-state index in [0.717, 1.165) is 11.1 Å². The van der Waals surface area contributed by atoms with Crippen LogP contribution < -0.4 is 0 Å². The van der Waals surface area contributed by atoms with Crippen LogP contribution in [0, 0.1) is 11.8 Å². The molecule has 0 aliphatic heterocycles. The number of hydrogen-bond acceptors (Lipinski definition) is 1. The molecule has 0 amide bonds. The molecule has 1 N–H and O–H groups in total. The fourth-order valence-electron chi connectivity index (χ4n) is 1.23. The van der Waals surface area contributed by atoms with Crippen LogP contribution in [0.25, 0.3) is 0 Å². The second-order valence-electron chi connectivity index (χ2n) is 2.53. The number of rotatable bonds is 0. The molecule has 0 aromatic heterocycles. The molecular formula is C10H8N+. The van der Waals surface area contributed by atoms with Gasteiger partial charge in [0.05, 0.1) is 5.57 Å². The van der Waals surface area contributed by atoms with E-state index in [0.29, 0.717) is 5.71 Å². The molecule has 2 aliphatic carbocycles. The number of allylic oxidation sites excluding steroid dienone is 8. The molecule has 0 aromatic rings. The van der Waals surface area contributed by atoms with E-state index in [4.69, 9.17) is 5.41 Å². The Morgan fingerprint density at radius 2 is 2.09 bits per heavy atom. The Labute approximate surface area is 65.9 Å². The molecule has 2 aliphatic rings. The maximum Gasteiger partial charge on any atom is 0.106 e. The Morgan fingerprint density at radius 3 is 2.91 bits per heavy atom. The highest BCUT2D eigenvalue weighted by molar-refractivity contribution is 6.11. The molecule has 52 valence electrons. The van der Waals surface area contributed by atoms with E-state index in [2.05, 4.69) is 0 Å². The topological polar surface area (TPSA) is 23.9 Å². The van der Waals surface area contributed by atoms with Crippen LogP contribution >= 0.6 is 0 Å². The largest absolute Gasteiger partial charge is 0.290 e. The van der Waals surface area contributed by atoms with E-state index in [1.165, 1.54) is 0 Å². The highest BCUT2D eigenvalue weighted by Gasteiger charge is 2.19. The summed E-state index contributed by atoms with van der Waals surface area (Å²) in [5.74, 6) is 0. The van der Waals surface area contributed by atoms with E-state index in [-0.39, 0.29) is 0 Å². The van der Waals surface area contributed by atoms with Crippen LogP contribution in [0.4, 0.5) is 0 Å². The lowest BCUT2D eigenvalue weighted by molar-refractivity contribution is 1.40. The van der Waals surface area contributed by atoms with Crippen LogP contribution in [0.15, 0.2) is 47.6 Å². The first kappa shape index (κ1) is 6.23. The van der Waals surface area contributed by atoms with Crippen LogP contribution in [0.3, 0.4) is 0 Å². The molecule has 0 unspecified atom stereocenters. The minimum Gasteiger partial charge on any atom is -0.290 e. The van der Waals surface area contributed by atoms with Crippen LogP contribution in [-0.4, -0.2) is 5.71 Å². The van der Waals surface area contributed by atoms with Crippen LogP contribution in [0.1, 0.15) is 0 Å². The minimum atomic E-state index is 0.600. The maximum absolute atomic E-state index is 7.56. The maximum atomic E-state index is 7.56. The quantitative estimate of drug-likeness (QED) is 0.501. The Morgan fingerprint density at radius 1 is 1.18 bits per heavy atom. The Hall–Kier alpha value is -1.50. The van der Waals surface area contributed by atoms with Crippen molar-refractivity contribution >= 4 is 5.71 Å². The second-order valence-corrected chi connectivity index (χ2v) is 2.53. The van der Waals surface area contributed by atoms with Crippen LogP contribution in [0.5, 0.6) is 0 Å². The van der Waals surface area contributed by atoms with Crippen molar-refractivity contribution in [3.63, 3.8) is 0 Å². The molecule has 0 saturated carbocycles. The summed E-state index contributed by atoms with van der Waals surface area (Å²) in [6, 6.07) is 0. The summed E-state index contributed by atoms with van der Waals surface area (Å²) in [7, 11) is 0. The zero-order chi connectivity index (χ0) is 7.68. The lowest BCUT2D eigenvalue weighted by Gasteiger charge is -2.06. The van der Waals surface area contributed by atoms with Crippen molar-refractivity contribution in [1.82, 2.24) is 0 Å². The van der Waals surface area contributed by atoms with Gasteiger partial charge >= 0.3 is 0 Å². The summed E-state index contributed by atoms with van der Waals surface area (Å²) in [4.78, 5) is 0. The molecule has 0 radical (unpaired) electrons. The fraction of sp³-hybridized carbons (Fsp3) is 0. The highest BCUT2D eigenvalue weighted by Crippen LogP contribution is 2.22. The fourth-order valence-corrected chi connectivity index (χ4v) is 1.23. The average Bonchev–Trinajstić information content (AvgIpc) is 2.06. The predicted molar refractivity (Wildman–Crippen MR) is 46.5 cm³/mol. The van der Waals surface area contributed by atoms with Crippen molar-refractivity contribution in [3.05, 3.63) is 54.0 Å². The molecule has 0 aromatic carbocycles. The zero-order valence-electron chi connectivity index (χ0n) is 6.04. The molecule has 0 saturated heterocycles. The Kier molecular flexibility index (Phi) is 1.29. The zero-order valence-corrected chi connectivity index (χ0v) is 6.04. The van der Waals surface area contributed by atoms with Crippen molar-refractivity contribution in [1.29, 1.82) is 5.41 Å². The summed E-state index contributed by atoms with van der Waals surface area (Å²) >= 11 is 0. The summed E-state index contributed by atoms with van der Waals surface area (Å²) in [5.41, 5.74) is 2.76. The van der Waals surface area contributed by atoms with Gasteiger partial charge in [0, 0.05) is 30.7 Å². The lowest BCUT2D eigenvalue weighted by atomic mass is 9.91.